The molecule has 0 spiro atoms. The third-order valence-electron chi connectivity index (χ3n) is 1.41. The van der Waals surface area contributed by atoms with Crippen molar-refractivity contribution in [1.82, 2.24) is 0 Å². The molecule has 0 aliphatic carbocycles. The van der Waals surface area contributed by atoms with Crippen molar-refractivity contribution < 1.29 is 14.9 Å². The highest BCUT2D eigenvalue weighted by molar-refractivity contribution is 4.79. The average Bonchev–Trinajstić information content (AvgIpc) is 1.98. The second kappa shape index (κ2) is 2.01. The van der Waals surface area contributed by atoms with Crippen molar-refractivity contribution in [3.63, 3.8) is 0 Å². The molecule has 1 fully saturated rings. The van der Waals surface area contributed by atoms with Crippen molar-refractivity contribution in [2.24, 2.45) is 0 Å². The van der Waals surface area contributed by atoms with Gasteiger partial charge in [0.1, 0.15) is 12.2 Å². The first-order valence-corrected chi connectivity index (χ1v) is 2.69. The second-order valence-electron chi connectivity index (χ2n) is 2.10. The quantitative estimate of drug-likeness (QED) is 0.434. The van der Waals surface area contributed by atoms with Crippen LogP contribution in [-0.4, -0.2) is 35.1 Å². The fourth-order valence-electron chi connectivity index (χ4n) is 0.760. The van der Waals surface area contributed by atoms with Crippen molar-refractivity contribution in [1.29, 1.82) is 0 Å². The molecule has 0 aromatic rings. The molecule has 0 aromatic heterocycles. The molecule has 0 aromatic carbocycles. The van der Waals surface area contributed by atoms with Gasteiger partial charge < -0.3 is 14.9 Å². The first kappa shape index (κ1) is 6.01. The van der Waals surface area contributed by atoms with Gasteiger partial charge in [-0.05, 0) is 6.92 Å². The molecule has 2 N–H and O–H groups in total. The highest BCUT2D eigenvalue weighted by Crippen LogP contribution is 2.12. The molecule has 0 amide bonds. The monoisotopic (exact) mass is 118 g/mol. The zero-order chi connectivity index (χ0) is 6.15. The molecule has 0 radical (unpaired) electrons. The number of hydrogen-bond acceptors (Lipinski definition) is 3. The molecule has 1 aliphatic rings. The minimum Gasteiger partial charge on any atom is -0.388 e. The summed E-state index contributed by atoms with van der Waals surface area (Å²) in [6.07, 6.45) is -1.56. The molecule has 0 saturated carbocycles. The maximum Gasteiger partial charge on any atom is 0.108 e. The van der Waals surface area contributed by atoms with E-state index in [1.165, 1.54) is 0 Å². The van der Waals surface area contributed by atoms with E-state index in [1.807, 2.05) is 0 Å². The molecule has 1 unspecified atom stereocenters. The van der Waals surface area contributed by atoms with Crippen LogP contribution in [0.15, 0.2) is 0 Å². The summed E-state index contributed by atoms with van der Waals surface area (Å²) in [4.78, 5) is 0. The van der Waals surface area contributed by atoms with E-state index in [0.29, 0.717) is 0 Å². The van der Waals surface area contributed by atoms with Gasteiger partial charge in [-0.15, -0.1) is 0 Å². The number of aliphatic hydroxyl groups is 2. The van der Waals surface area contributed by atoms with E-state index < -0.39 is 12.2 Å². The summed E-state index contributed by atoms with van der Waals surface area (Å²) in [6, 6.07) is 0. The van der Waals surface area contributed by atoms with Crippen LogP contribution < -0.4 is 0 Å². The standard InChI is InChI=1S/C5H10O3/c1-3-5(7)4(6)2-8-3/h3-7H,2H2,1H3/t3-,4+,5?/m1/s1. The SMILES string of the molecule is C[C@H]1OC[C@H](O)C1O. The van der Waals surface area contributed by atoms with Crippen molar-refractivity contribution in [3.05, 3.63) is 0 Å². The third-order valence-corrected chi connectivity index (χ3v) is 1.41. The molecule has 1 aliphatic heterocycles. The lowest BCUT2D eigenvalue weighted by Gasteiger charge is -2.07. The topological polar surface area (TPSA) is 49.7 Å². The van der Waals surface area contributed by atoms with Crippen LogP contribution in [0.2, 0.25) is 0 Å². The van der Waals surface area contributed by atoms with Crippen molar-refractivity contribution in [3.8, 4) is 0 Å². The van der Waals surface area contributed by atoms with Crippen LogP contribution in [0.4, 0.5) is 0 Å². The van der Waals surface area contributed by atoms with Gasteiger partial charge in [-0.3, -0.25) is 0 Å². The summed E-state index contributed by atoms with van der Waals surface area (Å²) in [6.45, 7) is 2.00. The Morgan fingerprint density at radius 2 is 2.12 bits per heavy atom. The fraction of sp³-hybridized carbons (Fsp3) is 1.00. The normalized spacial score (nSPS) is 47.6. The number of hydrogen-bond donors (Lipinski definition) is 2. The maximum atomic E-state index is 8.89. The van der Waals surface area contributed by atoms with Crippen LogP contribution in [0.1, 0.15) is 6.92 Å². The largest absolute Gasteiger partial charge is 0.388 e. The van der Waals surface area contributed by atoms with Gasteiger partial charge in [0.25, 0.3) is 0 Å². The van der Waals surface area contributed by atoms with Gasteiger partial charge >= 0.3 is 0 Å². The van der Waals surface area contributed by atoms with Crippen LogP contribution in [0.3, 0.4) is 0 Å². The van der Waals surface area contributed by atoms with E-state index in [2.05, 4.69) is 0 Å². The van der Waals surface area contributed by atoms with Gasteiger partial charge in [-0.25, -0.2) is 0 Å². The fourth-order valence-corrected chi connectivity index (χ4v) is 0.760. The second-order valence-corrected chi connectivity index (χ2v) is 2.10. The van der Waals surface area contributed by atoms with E-state index in [4.69, 9.17) is 14.9 Å². The number of aliphatic hydroxyl groups excluding tert-OH is 2. The van der Waals surface area contributed by atoms with Crippen LogP contribution in [0.25, 0.3) is 0 Å². The molecular weight excluding hydrogens is 108 g/mol. The zero-order valence-corrected chi connectivity index (χ0v) is 4.74. The lowest BCUT2D eigenvalue weighted by atomic mass is 10.2. The Morgan fingerprint density at radius 1 is 1.50 bits per heavy atom. The molecule has 1 heterocycles. The van der Waals surface area contributed by atoms with Crippen molar-refractivity contribution >= 4 is 0 Å². The summed E-state index contributed by atoms with van der Waals surface area (Å²) < 4.78 is 4.88. The van der Waals surface area contributed by atoms with Crippen LogP contribution >= 0.6 is 0 Å². The predicted octanol–water partition coefficient (Wildman–Crippen LogP) is -0.873. The highest BCUT2D eigenvalue weighted by Gasteiger charge is 2.30. The first-order chi connectivity index (χ1) is 3.72. The van der Waals surface area contributed by atoms with Crippen LogP contribution in [-0.2, 0) is 4.74 Å². The highest BCUT2D eigenvalue weighted by atomic mass is 16.5. The van der Waals surface area contributed by atoms with E-state index in [9.17, 15) is 0 Å². The Kier molecular flexibility index (Phi) is 1.51. The Labute approximate surface area is 47.9 Å². The smallest absolute Gasteiger partial charge is 0.108 e. The molecule has 3 heteroatoms. The van der Waals surface area contributed by atoms with E-state index in [0.717, 1.165) is 0 Å². The van der Waals surface area contributed by atoms with Gasteiger partial charge in [-0.1, -0.05) is 0 Å². The molecule has 3 nitrogen and oxygen atoms in total. The summed E-state index contributed by atoms with van der Waals surface area (Å²) in [5.41, 5.74) is 0. The zero-order valence-electron chi connectivity index (χ0n) is 4.74. The minimum absolute atomic E-state index is 0.204. The summed E-state index contributed by atoms with van der Waals surface area (Å²) in [7, 11) is 0. The average molecular weight is 118 g/mol. The summed E-state index contributed by atoms with van der Waals surface area (Å²) in [5, 5.41) is 17.7. The maximum absolute atomic E-state index is 8.89. The minimum atomic E-state index is -0.685. The molecular formula is C5H10O3. The summed E-state index contributed by atoms with van der Waals surface area (Å²) in [5.74, 6) is 0. The Balaban J connectivity index is 2.44. The summed E-state index contributed by atoms with van der Waals surface area (Å²) >= 11 is 0. The predicted molar refractivity (Wildman–Crippen MR) is 27.4 cm³/mol. The molecule has 1 saturated heterocycles. The Bertz CT molecular complexity index is 73.7. The van der Waals surface area contributed by atoms with Crippen molar-refractivity contribution in [2.75, 3.05) is 6.61 Å². The third kappa shape index (κ3) is 0.844. The Morgan fingerprint density at radius 3 is 2.25 bits per heavy atom. The van der Waals surface area contributed by atoms with E-state index in [1.54, 1.807) is 6.92 Å². The van der Waals surface area contributed by atoms with E-state index in [-0.39, 0.29) is 12.7 Å². The van der Waals surface area contributed by atoms with Gasteiger partial charge in [0.2, 0.25) is 0 Å². The molecule has 8 heavy (non-hydrogen) atoms. The van der Waals surface area contributed by atoms with E-state index >= 15 is 0 Å². The van der Waals surface area contributed by atoms with Gasteiger partial charge in [0.15, 0.2) is 0 Å². The molecule has 3 atom stereocenters. The molecule has 0 bridgehead atoms. The van der Waals surface area contributed by atoms with Gasteiger partial charge in [-0.2, -0.15) is 0 Å². The number of rotatable bonds is 0. The van der Waals surface area contributed by atoms with Crippen LogP contribution in [0, 0.1) is 0 Å². The number of ether oxygens (including phenoxy) is 1. The lowest BCUT2D eigenvalue weighted by molar-refractivity contribution is 0.0318. The first-order valence-electron chi connectivity index (χ1n) is 2.69. The van der Waals surface area contributed by atoms with Crippen molar-refractivity contribution in [2.45, 2.75) is 25.2 Å². The Hall–Kier alpha value is -0.120. The van der Waals surface area contributed by atoms with Gasteiger partial charge in [0, 0.05) is 0 Å². The molecule has 48 valence electrons. The van der Waals surface area contributed by atoms with Crippen LogP contribution in [0.5, 0.6) is 0 Å². The van der Waals surface area contributed by atoms with Gasteiger partial charge in [0.05, 0.1) is 12.7 Å². The lowest BCUT2D eigenvalue weighted by Crippen LogP contribution is -2.27. The molecule has 1 rings (SSSR count).